The van der Waals surface area contributed by atoms with Crippen LogP contribution in [0.15, 0.2) is 23.4 Å². The molecule has 0 spiro atoms. The third-order valence-electron chi connectivity index (χ3n) is 3.54. The number of benzene rings is 1. The fraction of sp³-hybridized carbons (Fsp3) is 0.533. The van der Waals surface area contributed by atoms with Gasteiger partial charge in [0.2, 0.25) is 0 Å². The highest BCUT2D eigenvalue weighted by Crippen LogP contribution is 2.27. The summed E-state index contributed by atoms with van der Waals surface area (Å²) in [5.74, 6) is 1.17. The lowest BCUT2D eigenvalue weighted by molar-refractivity contribution is -0.0114. The molecule has 1 aromatic rings. The molecule has 5 heteroatoms. The molecule has 112 valence electrons. The zero-order valence-corrected chi connectivity index (χ0v) is 12.5. The van der Waals surface area contributed by atoms with Gasteiger partial charge in [0, 0.05) is 11.6 Å². The molecule has 0 aliphatic heterocycles. The van der Waals surface area contributed by atoms with Crippen LogP contribution in [0.5, 0.6) is 11.5 Å². The van der Waals surface area contributed by atoms with Crippen LogP contribution in [0, 0.1) is 0 Å². The summed E-state index contributed by atoms with van der Waals surface area (Å²) in [6.45, 7) is 5.69. The van der Waals surface area contributed by atoms with E-state index in [2.05, 4.69) is 5.16 Å². The molecule has 0 aliphatic rings. The first-order valence-corrected chi connectivity index (χ1v) is 6.72. The molecule has 0 bridgehead atoms. The molecule has 0 radical (unpaired) electrons. The fourth-order valence-corrected chi connectivity index (χ4v) is 1.77. The van der Waals surface area contributed by atoms with E-state index in [0.29, 0.717) is 35.6 Å². The summed E-state index contributed by atoms with van der Waals surface area (Å²) in [5, 5.41) is 22.4. The van der Waals surface area contributed by atoms with Gasteiger partial charge in [0.1, 0.15) is 18.1 Å². The van der Waals surface area contributed by atoms with Gasteiger partial charge in [-0.25, -0.2) is 0 Å². The van der Waals surface area contributed by atoms with Crippen molar-refractivity contribution < 1.29 is 19.8 Å². The van der Waals surface area contributed by atoms with Crippen LogP contribution in [-0.4, -0.2) is 35.3 Å². The summed E-state index contributed by atoms with van der Waals surface area (Å²) in [7, 11) is 1.57. The van der Waals surface area contributed by atoms with Crippen molar-refractivity contribution in [2.24, 2.45) is 5.16 Å². The van der Waals surface area contributed by atoms with Crippen molar-refractivity contribution in [3.63, 3.8) is 0 Å². The molecule has 2 N–H and O–H groups in total. The largest absolute Gasteiger partial charge is 0.497 e. The summed E-state index contributed by atoms with van der Waals surface area (Å²) < 4.78 is 10.9. The van der Waals surface area contributed by atoms with Gasteiger partial charge in [0.15, 0.2) is 0 Å². The highest BCUT2D eigenvalue weighted by Gasteiger charge is 2.24. The quantitative estimate of drug-likeness (QED) is 0.458. The minimum absolute atomic E-state index is 0.179. The molecule has 0 atom stereocenters. The molecule has 1 aromatic carbocycles. The van der Waals surface area contributed by atoms with Gasteiger partial charge >= 0.3 is 0 Å². The average Bonchev–Trinajstić information content (AvgIpc) is 2.51. The Morgan fingerprint density at radius 2 is 1.95 bits per heavy atom. The van der Waals surface area contributed by atoms with E-state index in [1.807, 2.05) is 13.8 Å². The van der Waals surface area contributed by atoms with Crippen molar-refractivity contribution in [3.8, 4) is 11.5 Å². The molecule has 1 rings (SSSR count). The molecule has 0 heterocycles. The van der Waals surface area contributed by atoms with E-state index in [4.69, 9.17) is 14.7 Å². The van der Waals surface area contributed by atoms with E-state index in [-0.39, 0.29) is 6.61 Å². The van der Waals surface area contributed by atoms with E-state index in [1.54, 1.807) is 32.2 Å². The lowest BCUT2D eigenvalue weighted by Crippen LogP contribution is -2.34. The van der Waals surface area contributed by atoms with E-state index in [9.17, 15) is 5.11 Å². The molecular weight excluding hydrogens is 258 g/mol. The highest BCUT2D eigenvalue weighted by molar-refractivity contribution is 6.00. The second-order valence-corrected chi connectivity index (χ2v) is 4.77. The van der Waals surface area contributed by atoms with Crippen LogP contribution in [0.4, 0.5) is 0 Å². The fourth-order valence-electron chi connectivity index (χ4n) is 1.77. The summed E-state index contributed by atoms with van der Waals surface area (Å²) >= 11 is 0. The standard InChI is InChI=1S/C15H23NO4/c1-5-15(17,6-2)10-20-14-9-12(19-4)7-8-13(14)11(3)16-18/h7-9,17-18H,5-6,10H2,1-4H3/b16-11+. The van der Waals surface area contributed by atoms with Gasteiger partial charge in [0.25, 0.3) is 0 Å². The van der Waals surface area contributed by atoms with Crippen LogP contribution in [0.25, 0.3) is 0 Å². The summed E-state index contributed by atoms with van der Waals surface area (Å²) in [4.78, 5) is 0. The first kappa shape index (κ1) is 16.3. The number of nitrogens with zero attached hydrogens (tertiary/aromatic N) is 1. The Bertz CT molecular complexity index is 467. The van der Waals surface area contributed by atoms with E-state index in [0.717, 1.165) is 0 Å². The van der Waals surface area contributed by atoms with Crippen molar-refractivity contribution in [1.82, 2.24) is 0 Å². The number of methoxy groups -OCH3 is 1. The van der Waals surface area contributed by atoms with E-state index >= 15 is 0 Å². The number of ether oxygens (including phenoxy) is 2. The van der Waals surface area contributed by atoms with Crippen LogP contribution in [0.1, 0.15) is 39.2 Å². The Kier molecular flexibility index (Phi) is 5.82. The van der Waals surface area contributed by atoms with Gasteiger partial charge in [-0.05, 0) is 31.9 Å². The maximum Gasteiger partial charge on any atom is 0.132 e. The highest BCUT2D eigenvalue weighted by atomic mass is 16.5. The molecule has 5 nitrogen and oxygen atoms in total. The van der Waals surface area contributed by atoms with Crippen LogP contribution in [-0.2, 0) is 0 Å². The van der Waals surface area contributed by atoms with E-state index in [1.165, 1.54) is 0 Å². The predicted octanol–water partition coefficient (Wildman–Crippen LogP) is 2.82. The van der Waals surface area contributed by atoms with Crippen LogP contribution in [0.2, 0.25) is 0 Å². The maximum absolute atomic E-state index is 10.3. The van der Waals surface area contributed by atoms with Crippen molar-refractivity contribution in [1.29, 1.82) is 0 Å². The second kappa shape index (κ2) is 7.14. The predicted molar refractivity (Wildman–Crippen MR) is 78.0 cm³/mol. The van der Waals surface area contributed by atoms with Gasteiger partial charge in [-0.2, -0.15) is 0 Å². The number of aliphatic hydroxyl groups is 1. The minimum Gasteiger partial charge on any atom is -0.497 e. The second-order valence-electron chi connectivity index (χ2n) is 4.77. The van der Waals surface area contributed by atoms with Crippen molar-refractivity contribution in [2.75, 3.05) is 13.7 Å². The molecule has 0 unspecified atom stereocenters. The summed E-state index contributed by atoms with van der Waals surface area (Å²) in [5.41, 5.74) is 0.256. The van der Waals surface area contributed by atoms with Crippen LogP contribution < -0.4 is 9.47 Å². The van der Waals surface area contributed by atoms with E-state index < -0.39 is 5.60 Å². The molecule has 20 heavy (non-hydrogen) atoms. The smallest absolute Gasteiger partial charge is 0.132 e. The molecular formula is C15H23NO4. The average molecular weight is 281 g/mol. The third kappa shape index (κ3) is 3.87. The summed E-state index contributed by atoms with van der Waals surface area (Å²) in [6.07, 6.45) is 1.21. The topological polar surface area (TPSA) is 71.3 Å². The summed E-state index contributed by atoms with van der Waals surface area (Å²) in [6, 6.07) is 5.25. The lowest BCUT2D eigenvalue weighted by Gasteiger charge is -2.25. The molecule has 0 saturated heterocycles. The van der Waals surface area contributed by atoms with Crippen molar-refractivity contribution in [2.45, 2.75) is 39.2 Å². The number of oxime groups is 1. The molecule has 0 aromatic heterocycles. The van der Waals surface area contributed by atoms with Gasteiger partial charge < -0.3 is 19.8 Å². The Morgan fingerprint density at radius 3 is 2.45 bits per heavy atom. The Balaban J connectivity index is 3.02. The Labute approximate surface area is 119 Å². The number of hydrogen-bond donors (Lipinski definition) is 2. The zero-order valence-electron chi connectivity index (χ0n) is 12.5. The molecule has 0 aliphatic carbocycles. The minimum atomic E-state index is -0.857. The van der Waals surface area contributed by atoms with Crippen molar-refractivity contribution >= 4 is 5.71 Å². The molecule has 0 saturated carbocycles. The molecule has 0 fully saturated rings. The number of rotatable bonds is 7. The first-order chi connectivity index (χ1) is 9.49. The maximum atomic E-state index is 10.3. The van der Waals surface area contributed by atoms with Gasteiger partial charge in [-0.15, -0.1) is 0 Å². The number of hydrogen-bond acceptors (Lipinski definition) is 5. The Morgan fingerprint density at radius 1 is 1.30 bits per heavy atom. The first-order valence-electron chi connectivity index (χ1n) is 6.72. The van der Waals surface area contributed by atoms with Crippen LogP contribution >= 0.6 is 0 Å². The van der Waals surface area contributed by atoms with Gasteiger partial charge in [0.05, 0.1) is 18.4 Å². The normalized spacial score (nSPS) is 12.3. The Hall–Kier alpha value is -1.75. The van der Waals surface area contributed by atoms with Crippen molar-refractivity contribution in [3.05, 3.63) is 23.8 Å². The monoisotopic (exact) mass is 281 g/mol. The van der Waals surface area contributed by atoms with Gasteiger partial charge in [-0.1, -0.05) is 19.0 Å². The zero-order chi connectivity index (χ0) is 15.2. The lowest BCUT2D eigenvalue weighted by atomic mass is 9.99. The van der Waals surface area contributed by atoms with Crippen LogP contribution in [0.3, 0.4) is 0 Å². The SMILES string of the molecule is CCC(O)(CC)COc1cc(OC)ccc1/C(C)=N/O. The van der Waals surface area contributed by atoms with Gasteiger partial charge in [-0.3, -0.25) is 0 Å². The molecule has 0 amide bonds. The third-order valence-corrected chi connectivity index (χ3v) is 3.54.